The first kappa shape index (κ1) is 23.2. The number of halogens is 1. The molecular weight excluding hydrogens is 435 g/mol. The van der Waals surface area contributed by atoms with Crippen LogP contribution in [0.25, 0.3) is 0 Å². The average molecular weight is 471 g/mol. The Balaban J connectivity index is 1.68. The van der Waals surface area contributed by atoms with Gasteiger partial charge in [0.2, 0.25) is 11.6 Å². The SMILES string of the molecule is CCSCSC1(SCC)CC[C@H]2[C@@H]3CCC4=CC(=O)C(=O)C[C@]4(C)C3(F)CC[C@@]21C. The van der Waals surface area contributed by atoms with Crippen molar-refractivity contribution in [1.82, 2.24) is 0 Å². The fraction of sp³-hybridized carbons (Fsp3) is 0.833. The molecule has 0 amide bonds. The molecule has 0 heterocycles. The van der Waals surface area contributed by atoms with Crippen LogP contribution in [0.15, 0.2) is 11.6 Å². The van der Waals surface area contributed by atoms with Gasteiger partial charge < -0.3 is 0 Å². The van der Waals surface area contributed by atoms with Crippen molar-refractivity contribution < 1.29 is 14.0 Å². The maximum absolute atomic E-state index is 17.1. The van der Waals surface area contributed by atoms with Gasteiger partial charge in [-0.1, -0.05) is 33.3 Å². The van der Waals surface area contributed by atoms with Crippen molar-refractivity contribution in [2.24, 2.45) is 22.7 Å². The molecule has 6 atom stereocenters. The molecule has 6 heteroatoms. The highest BCUT2D eigenvalue weighted by molar-refractivity contribution is 8.24. The number of alkyl halides is 1. The van der Waals surface area contributed by atoms with Gasteiger partial charge in [0.05, 0.1) is 4.08 Å². The van der Waals surface area contributed by atoms with Crippen molar-refractivity contribution in [2.45, 2.75) is 82.4 Å². The van der Waals surface area contributed by atoms with Gasteiger partial charge in [0, 0.05) is 16.9 Å². The second-order valence-corrected chi connectivity index (χ2v) is 14.7. The Bertz CT molecular complexity index is 770. The van der Waals surface area contributed by atoms with Crippen LogP contribution in [0.1, 0.15) is 72.6 Å². The predicted molar refractivity (Wildman–Crippen MR) is 129 cm³/mol. The lowest BCUT2D eigenvalue weighted by Gasteiger charge is -2.62. The third kappa shape index (κ3) is 3.13. The van der Waals surface area contributed by atoms with E-state index in [-0.39, 0.29) is 21.8 Å². The second-order valence-electron chi connectivity index (χ2n) is 9.98. The van der Waals surface area contributed by atoms with E-state index in [9.17, 15) is 9.59 Å². The van der Waals surface area contributed by atoms with E-state index in [1.54, 1.807) is 0 Å². The molecular formula is C24H35FO2S3. The Labute approximate surface area is 193 Å². The molecule has 3 fully saturated rings. The van der Waals surface area contributed by atoms with Crippen LogP contribution in [0.4, 0.5) is 4.39 Å². The summed E-state index contributed by atoms with van der Waals surface area (Å²) in [6.07, 6.45) is 6.79. The zero-order chi connectivity index (χ0) is 21.8. The zero-order valence-electron chi connectivity index (χ0n) is 18.7. The molecule has 4 aliphatic carbocycles. The Morgan fingerprint density at radius 1 is 1.03 bits per heavy atom. The third-order valence-corrected chi connectivity index (χ3v) is 13.8. The fourth-order valence-corrected chi connectivity index (χ4v) is 12.3. The second kappa shape index (κ2) is 8.13. The van der Waals surface area contributed by atoms with E-state index in [1.165, 1.54) is 6.08 Å². The van der Waals surface area contributed by atoms with Gasteiger partial charge in [0.25, 0.3) is 0 Å². The van der Waals surface area contributed by atoms with Crippen LogP contribution in [-0.2, 0) is 9.59 Å². The predicted octanol–water partition coefficient (Wildman–Crippen LogP) is 6.68. The topological polar surface area (TPSA) is 34.1 Å². The molecule has 30 heavy (non-hydrogen) atoms. The minimum atomic E-state index is -1.37. The van der Waals surface area contributed by atoms with Crippen LogP contribution in [0.3, 0.4) is 0 Å². The molecule has 0 radical (unpaired) electrons. The highest BCUT2D eigenvalue weighted by Crippen LogP contribution is 2.74. The number of fused-ring (bicyclic) bond motifs is 5. The molecule has 0 saturated heterocycles. The molecule has 0 aromatic rings. The van der Waals surface area contributed by atoms with E-state index in [1.807, 2.05) is 18.7 Å². The van der Waals surface area contributed by atoms with Gasteiger partial charge in [-0.15, -0.1) is 23.5 Å². The molecule has 2 nitrogen and oxygen atoms in total. The number of allylic oxidation sites excluding steroid dienone is 1. The van der Waals surface area contributed by atoms with Crippen LogP contribution in [0.2, 0.25) is 0 Å². The third-order valence-electron chi connectivity index (χ3n) is 8.96. The Morgan fingerprint density at radius 3 is 2.50 bits per heavy atom. The average Bonchev–Trinajstić information content (AvgIpc) is 2.98. The molecule has 3 saturated carbocycles. The first-order chi connectivity index (χ1) is 14.2. The fourth-order valence-electron chi connectivity index (χ4n) is 7.28. The van der Waals surface area contributed by atoms with Gasteiger partial charge in [-0.05, 0) is 73.4 Å². The number of ketones is 2. The summed E-state index contributed by atoms with van der Waals surface area (Å²) in [5.74, 6) is 1.77. The smallest absolute Gasteiger partial charge is 0.221 e. The van der Waals surface area contributed by atoms with Crippen LogP contribution in [0.5, 0.6) is 0 Å². The maximum Gasteiger partial charge on any atom is 0.221 e. The summed E-state index contributed by atoms with van der Waals surface area (Å²) in [5, 5.41) is 1.11. The number of carbonyl (C=O) groups excluding carboxylic acids is 2. The number of hydrogen-bond acceptors (Lipinski definition) is 5. The number of Topliss-reactive ketones (excluding diaryl/α,β-unsaturated/α-hetero) is 1. The van der Waals surface area contributed by atoms with Crippen molar-refractivity contribution in [1.29, 1.82) is 0 Å². The van der Waals surface area contributed by atoms with Gasteiger partial charge in [0.15, 0.2) is 0 Å². The molecule has 2 unspecified atom stereocenters. The van der Waals surface area contributed by atoms with Gasteiger partial charge in [-0.3, -0.25) is 9.59 Å². The molecule has 4 rings (SSSR count). The molecule has 0 aliphatic heterocycles. The van der Waals surface area contributed by atoms with Crippen molar-refractivity contribution in [2.75, 3.05) is 16.6 Å². The minimum absolute atomic E-state index is 0.00170. The number of thioether (sulfide) groups is 3. The normalized spacial score (nSPS) is 45.6. The first-order valence-corrected chi connectivity index (χ1v) is 14.6. The van der Waals surface area contributed by atoms with Crippen molar-refractivity contribution in [3.8, 4) is 0 Å². The molecule has 0 spiro atoms. The summed E-state index contributed by atoms with van der Waals surface area (Å²) in [4.78, 5) is 24.3. The van der Waals surface area contributed by atoms with Crippen LogP contribution >= 0.6 is 35.3 Å². The summed E-state index contributed by atoms with van der Waals surface area (Å²) < 4.78 is 17.2. The molecule has 0 aromatic heterocycles. The summed E-state index contributed by atoms with van der Waals surface area (Å²) in [5.41, 5.74) is -1.14. The van der Waals surface area contributed by atoms with E-state index >= 15 is 4.39 Å². The summed E-state index contributed by atoms with van der Waals surface area (Å²) in [7, 11) is 0. The van der Waals surface area contributed by atoms with Crippen LogP contribution < -0.4 is 0 Å². The van der Waals surface area contributed by atoms with Crippen molar-refractivity contribution in [3.63, 3.8) is 0 Å². The highest BCUT2D eigenvalue weighted by atomic mass is 32.2. The number of hydrogen-bond donors (Lipinski definition) is 0. The first-order valence-electron chi connectivity index (χ1n) is 11.5. The maximum atomic E-state index is 17.1. The van der Waals surface area contributed by atoms with Gasteiger partial charge in [0.1, 0.15) is 5.67 Å². The lowest BCUT2D eigenvalue weighted by atomic mass is 9.46. The largest absolute Gasteiger partial charge is 0.290 e. The van der Waals surface area contributed by atoms with E-state index < -0.39 is 22.7 Å². The minimum Gasteiger partial charge on any atom is -0.290 e. The van der Waals surface area contributed by atoms with Crippen molar-refractivity contribution >= 4 is 46.9 Å². The standard InChI is InChI=1S/C24H35FO2S3/c1-5-28-15-30-24(29-6-2)10-9-17-18-8-7-16-13-19(26)20(27)14-22(16,4)23(18,25)12-11-21(17,24)3/h13,17-18H,5-12,14-15H2,1-4H3/t17-,18-,21-,22-,23?,24?/m0/s1. The molecule has 168 valence electrons. The molecule has 0 bridgehead atoms. The number of carbonyl (C=O) groups is 2. The zero-order valence-corrected chi connectivity index (χ0v) is 21.2. The Hall–Kier alpha value is 0.0600. The van der Waals surface area contributed by atoms with E-state index in [4.69, 9.17) is 0 Å². The Morgan fingerprint density at radius 2 is 1.80 bits per heavy atom. The van der Waals surface area contributed by atoms with E-state index in [2.05, 4.69) is 44.3 Å². The Kier molecular flexibility index (Phi) is 6.29. The monoisotopic (exact) mass is 470 g/mol. The van der Waals surface area contributed by atoms with E-state index in [0.29, 0.717) is 12.3 Å². The molecule has 0 N–H and O–H groups in total. The lowest BCUT2D eigenvalue weighted by molar-refractivity contribution is -0.152. The highest BCUT2D eigenvalue weighted by Gasteiger charge is 2.70. The lowest BCUT2D eigenvalue weighted by Crippen LogP contribution is -2.62. The summed E-state index contributed by atoms with van der Waals surface area (Å²) in [6, 6.07) is 0. The van der Waals surface area contributed by atoms with Crippen molar-refractivity contribution in [3.05, 3.63) is 11.6 Å². The molecule has 0 aromatic carbocycles. The number of rotatable bonds is 6. The van der Waals surface area contributed by atoms with E-state index in [0.717, 1.165) is 54.3 Å². The van der Waals surface area contributed by atoms with Gasteiger partial charge >= 0.3 is 0 Å². The summed E-state index contributed by atoms with van der Waals surface area (Å²) in [6.45, 7) is 8.85. The summed E-state index contributed by atoms with van der Waals surface area (Å²) >= 11 is 6.21. The van der Waals surface area contributed by atoms with Gasteiger partial charge in [-0.2, -0.15) is 11.8 Å². The molecule has 4 aliphatic rings. The van der Waals surface area contributed by atoms with Crippen LogP contribution in [0, 0.1) is 22.7 Å². The van der Waals surface area contributed by atoms with Crippen LogP contribution in [-0.4, -0.2) is 37.9 Å². The van der Waals surface area contributed by atoms with Gasteiger partial charge in [-0.25, -0.2) is 4.39 Å². The quantitative estimate of drug-likeness (QED) is 0.246.